The Morgan fingerprint density at radius 3 is 2.96 bits per heavy atom. The van der Waals surface area contributed by atoms with Gasteiger partial charge in [-0.25, -0.2) is 4.39 Å². The molecule has 0 amide bonds. The molecule has 0 bridgehead atoms. The predicted molar refractivity (Wildman–Crippen MR) is 89.1 cm³/mol. The number of carboxylic acids is 1. The Morgan fingerprint density at radius 2 is 2.25 bits per heavy atom. The van der Waals surface area contributed by atoms with Crippen molar-refractivity contribution in [3.63, 3.8) is 0 Å². The number of benzene rings is 1. The summed E-state index contributed by atoms with van der Waals surface area (Å²) >= 11 is 0. The van der Waals surface area contributed by atoms with Crippen LogP contribution in [0.1, 0.15) is 35.6 Å². The van der Waals surface area contributed by atoms with Crippen LogP contribution in [0.4, 0.5) is 4.39 Å². The summed E-state index contributed by atoms with van der Waals surface area (Å²) < 4.78 is 13.8. The Bertz CT molecular complexity index is 735. The summed E-state index contributed by atoms with van der Waals surface area (Å²) in [4.78, 5) is 17.7. The van der Waals surface area contributed by atoms with Crippen molar-refractivity contribution in [1.29, 1.82) is 0 Å². The van der Waals surface area contributed by atoms with E-state index in [1.54, 1.807) is 18.5 Å². The number of rotatable bonds is 4. The summed E-state index contributed by atoms with van der Waals surface area (Å²) in [6.07, 6.45) is 5.04. The van der Waals surface area contributed by atoms with Crippen molar-refractivity contribution in [3.8, 4) is 0 Å². The fraction of sp³-hybridized carbons (Fsp3) is 0.368. The number of aryl methyl sites for hydroxylation is 1. The first kappa shape index (κ1) is 16.6. The van der Waals surface area contributed by atoms with Crippen molar-refractivity contribution < 1.29 is 14.3 Å². The van der Waals surface area contributed by atoms with Gasteiger partial charge < -0.3 is 5.11 Å². The van der Waals surface area contributed by atoms with Crippen LogP contribution in [0.3, 0.4) is 0 Å². The Kier molecular flexibility index (Phi) is 4.90. The van der Waals surface area contributed by atoms with Crippen molar-refractivity contribution in [2.24, 2.45) is 5.92 Å². The molecule has 0 saturated carbocycles. The van der Waals surface area contributed by atoms with Gasteiger partial charge in [-0.1, -0.05) is 12.1 Å². The number of piperidine rings is 1. The van der Waals surface area contributed by atoms with Crippen molar-refractivity contribution in [3.05, 3.63) is 65.2 Å². The van der Waals surface area contributed by atoms with Crippen LogP contribution in [-0.4, -0.2) is 34.0 Å². The zero-order valence-corrected chi connectivity index (χ0v) is 13.7. The average molecular weight is 328 g/mol. The van der Waals surface area contributed by atoms with Gasteiger partial charge in [0.2, 0.25) is 0 Å². The number of nitrogens with zero attached hydrogens (tertiary/aromatic N) is 2. The van der Waals surface area contributed by atoms with E-state index in [2.05, 4.69) is 9.88 Å². The van der Waals surface area contributed by atoms with E-state index in [4.69, 9.17) is 0 Å². The Labute approximate surface area is 141 Å². The van der Waals surface area contributed by atoms with Gasteiger partial charge in [0.1, 0.15) is 5.82 Å². The van der Waals surface area contributed by atoms with E-state index in [9.17, 15) is 14.3 Å². The second-order valence-corrected chi connectivity index (χ2v) is 6.36. The quantitative estimate of drug-likeness (QED) is 0.934. The molecule has 0 spiro atoms. The van der Waals surface area contributed by atoms with Crippen molar-refractivity contribution in [2.75, 3.05) is 13.1 Å². The Morgan fingerprint density at radius 1 is 1.42 bits per heavy atom. The smallest absolute Gasteiger partial charge is 0.307 e. The Balaban J connectivity index is 2.02. The first-order chi connectivity index (χ1) is 11.6. The molecule has 2 aromatic rings. The van der Waals surface area contributed by atoms with Crippen molar-refractivity contribution in [2.45, 2.75) is 25.8 Å². The van der Waals surface area contributed by atoms with Crippen LogP contribution in [0.15, 0.2) is 42.7 Å². The maximum Gasteiger partial charge on any atom is 0.307 e. The molecule has 24 heavy (non-hydrogen) atoms. The minimum absolute atomic E-state index is 0.161. The van der Waals surface area contributed by atoms with Crippen LogP contribution < -0.4 is 0 Å². The number of aliphatic carboxylic acids is 1. The van der Waals surface area contributed by atoms with Gasteiger partial charge >= 0.3 is 5.97 Å². The minimum Gasteiger partial charge on any atom is -0.481 e. The van der Waals surface area contributed by atoms with Gasteiger partial charge in [-0.05, 0) is 61.2 Å². The van der Waals surface area contributed by atoms with Gasteiger partial charge in [-0.15, -0.1) is 0 Å². The highest BCUT2D eigenvalue weighted by Gasteiger charge is 2.32. The molecule has 3 rings (SSSR count). The third-order valence-corrected chi connectivity index (χ3v) is 4.69. The zero-order chi connectivity index (χ0) is 17.1. The average Bonchev–Trinajstić information content (AvgIpc) is 2.57. The topological polar surface area (TPSA) is 53.4 Å². The standard InChI is InChI=1S/C19H21FN2O2/c1-13-11-21-8-7-17(13)18(14-4-2-6-16(20)10-14)22-9-3-5-15(12-22)19(23)24/h2,4,6-8,10-11,15,18H,3,5,9,12H2,1H3,(H,23,24). The summed E-state index contributed by atoms with van der Waals surface area (Å²) in [7, 11) is 0. The van der Waals surface area contributed by atoms with Crippen LogP contribution in [0.5, 0.6) is 0 Å². The summed E-state index contributed by atoms with van der Waals surface area (Å²) in [6.45, 7) is 3.25. The molecule has 1 saturated heterocycles. The lowest BCUT2D eigenvalue weighted by atomic mass is 9.90. The van der Waals surface area contributed by atoms with Crippen LogP contribution >= 0.6 is 0 Å². The van der Waals surface area contributed by atoms with E-state index in [0.29, 0.717) is 13.0 Å². The van der Waals surface area contributed by atoms with E-state index in [-0.39, 0.29) is 17.8 Å². The summed E-state index contributed by atoms with van der Waals surface area (Å²) in [5.41, 5.74) is 2.90. The summed E-state index contributed by atoms with van der Waals surface area (Å²) in [5.74, 6) is -1.42. The van der Waals surface area contributed by atoms with E-state index in [1.165, 1.54) is 12.1 Å². The maximum atomic E-state index is 13.8. The molecule has 0 aliphatic carbocycles. The molecule has 2 unspecified atom stereocenters. The second kappa shape index (κ2) is 7.09. The van der Waals surface area contributed by atoms with E-state index < -0.39 is 5.97 Å². The molecule has 1 aromatic heterocycles. The molecular weight excluding hydrogens is 307 g/mol. The van der Waals surface area contributed by atoms with Gasteiger partial charge in [-0.3, -0.25) is 14.7 Å². The van der Waals surface area contributed by atoms with Crippen molar-refractivity contribution in [1.82, 2.24) is 9.88 Å². The van der Waals surface area contributed by atoms with Gasteiger partial charge in [0, 0.05) is 18.9 Å². The van der Waals surface area contributed by atoms with Crippen LogP contribution in [-0.2, 0) is 4.79 Å². The third kappa shape index (κ3) is 3.46. The molecule has 1 aliphatic heterocycles. The van der Waals surface area contributed by atoms with E-state index in [1.807, 2.05) is 19.1 Å². The SMILES string of the molecule is Cc1cnccc1C(c1cccc(F)c1)N1CCCC(C(=O)O)C1. The van der Waals surface area contributed by atoms with E-state index in [0.717, 1.165) is 29.7 Å². The number of carboxylic acid groups (broad SMARTS) is 1. The minimum atomic E-state index is -0.760. The largest absolute Gasteiger partial charge is 0.481 e. The van der Waals surface area contributed by atoms with E-state index >= 15 is 0 Å². The number of likely N-dealkylation sites (tertiary alicyclic amines) is 1. The molecule has 1 N–H and O–H groups in total. The van der Waals surface area contributed by atoms with Crippen LogP contribution in [0.25, 0.3) is 0 Å². The fourth-order valence-electron chi connectivity index (χ4n) is 3.50. The normalized spacial score (nSPS) is 19.8. The highest BCUT2D eigenvalue weighted by atomic mass is 19.1. The number of pyridine rings is 1. The molecule has 2 heterocycles. The molecule has 1 aliphatic rings. The number of hydrogen-bond acceptors (Lipinski definition) is 3. The van der Waals surface area contributed by atoms with Gasteiger partial charge in [0.15, 0.2) is 0 Å². The molecule has 4 nitrogen and oxygen atoms in total. The maximum absolute atomic E-state index is 13.8. The van der Waals surface area contributed by atoms with Gasteiger partial charge in [0.05, 0.1) is 12.0 Å². The number of hydrogen-bond donors (Lipinski definition) is 1. The van der Waals surface area contributed by atoms with Gasteiger partial charge in [-0.2, -0.15) is 0 Å². The molecule has 5 heteroatoms. The lowest BCUT2D eigenvalue weighted by Crippen LogP contribution is -2.41. The monoisotopic (exact) mass is 328 g/mol. The highest BCUT2D eigenvalue weighted by Crippen LogP contribution is 2.34. The lowest BCUT2D eigenvalue weighted by molar-refractivity contribution is -0.143. The molecule has 1 aromatic carbocycles. The first-order valence-electron chi connectivity index (χ1n) is 8.19. The molecule has 0 radical (unpaired) electrons. The molecule has 2 atom stereocenters. The molecule has 1 fully saturated rings. The Hall–Kier alpha value is -2.27. The highest BCUT2D eigenvalue weighted by molar-refractivity contribution is 5.70. The molecular formula is C19H21FN2O2. The van der Waals surface area contributed by atoms with Crippen LogP contribution in [0, 0.1) is 18.7 Å². The second-order valence-electron chi connectivity index (χ2n) is 6.36. The van der Waals surface area contributed by atoms with Crippen LogP contribution in [0.2, 0.25) is 0 Å². The number of carbonyl (C=O) groups is 1. The third-order valence-electron chi connectivity index (χ3n) is 4.69. The summed E-state index contributed by atoms with van der Waals surface area (Å²) in [6, 6.07) is 8.34. The lowest BCUT2D eigenvalue weighted by Gasteiger charge is -2.38. The first-order valence-corrected chi connectivity index (χ1v) is 8.19. The van der Waals surface area contributed by atoms with Crippen molar-refractivity contribution >= 4 is 5.97 Å². The predicted octanol–water partition coefficient (Wildman–Crippen LogP) is 3.42. The fourth-order valence-corrected chi connectivity index (χ4v) is 3.50. The summed E-state index contributed by atoms with van der Waals surface area (Å²) in [5, 5.41) is 9.38. The number of halogens is 1. The molecule has 126 valence electrons. The van der Waals surface area contributed by atoms with Gasteiger partial charge in [0.25, 0.3) is 0 Å². The zero-order valence-electron chi connectivity index (χ0n) is 13.7. The number of aromatic nitrogens is 1.